The Morgan fingerprint density at radius 1 is 0.833 bits per heavy atom. The Balaban J connectivity index is 1.64. The molecule has 1 amide bonds. The summed E-state index contributed by atoms with van der Waals surface area (Å²) in [5.41, 5.74) is 4.60. The minimum absolute atomic E-state index is 0.214. The van der Waals surface area contributed by atoms with Crippen LogP contribution >= 0.6 is 0 Å². The van der Waals surface area contributed by atoms with E-state index in [0.29, 0.717) is 47.3 Å². The van der Waals surface area contributed by atoms with Crippen LogP contribution in [0.5, 0.6) is 23.0 Å². The molecule has 0 atom stereocenters. The second kappa shape index (κ2) is 12.8. The van der Waals surface area contributed by atoms with Crippen molar-refractivity contribution in [2.24, 2.45) is 5.10 Å². The van der Waals surface area contributed by atoms with Gasteiger partial charge in [0.1, 0.15) is 6.61 Å². The number of nitrogens with zero attached hydrogens (tertiary/aromatic N) is 1. The molecule has 188 valence electrons. The van der Waals surface area contributed by atoms with E-state index in [4.69, 9.17) is 24.1 Å². The van der Waals surface area contributed by atoms with Gasteiger partial charge in [-0.2, -0.15) is 5.10 Å². The van der Waals surface area contributed by atoms with E-state index < -0.39 is 11.9 Å². The molecule has 3 aromatic carbocycles. The molecule has 36 heavy (non-hydrogen) atoms. The standard InChI is InChI=1S/C27H28N2O7/c1-4-34-22-13-11-21(15-24(22)33-3)26(30)29-28-16-19-8-12-23(25(14-19)35-5-2)36-17-18-6-9-20(10-7-18)27(31)32/h6-16H,4-5,17H2,1-3H3,(H,29,30)(H,31,32)/b28-16+. The first-order valence-corrected chi connectivity index (χ1v) is 11.3. The quantitative estimate of drug-likeness (QED) is 0.282. The zero-order valence-electron chi connectivity index (χ0n) is 20.3. The molecule has 0 unspecified atom stereocenters. The van der Waals surface area contributed by atoms with E-state index in [2.05, 4.69) is 10.5 Å². The van der Waals surface area contributed by atoms with Gasteiger partial charge in [0.15, 0.2) is 23.0 Å². The summed E-state index contributed by atoms with van der Waals surface area (Å²) in [6.45, 7) is 4.89. The van der Waals surface area contributed by atoms with E-state index in [1.807, 2.05) is 13.8 Å². The smallest absolute Gasteiger partial charge is 0.335 e. The molecule has 0 saturated heterocycles. The summed E-state index contributed by atoms with van der Waals surface area (Å²) in [6.07, 6.45) is 1.50. The van der Waals surface area contributed by atoms with Crippen molar-refractivity contribution in [2.75, 3.05) is 20.3 Å². The van der Waals surface area contributed by atoms with Gasteiger partial charge in [-0.1, -0.05) is 12.1 Å². The highest BCUT2D eigenvalue weighted by Crippen LogP contribution is 2.29. The SMILES string of the molecule is CCOc1ccc(C(=O)N/N=C/c2ccc(OCc3ccc(C(=O)O)cc3)c(OCC)c2)cc1OC. The van der Waals surface area contributed by atoms with E-state index in [1.54, 1.807) is 48.5 Å². The summed E-state index contributed by atoms with van der Waals surface area (Å²) >= 11 is 0. The molecule has 0 radical (unpaired) electrons. The lowest BCUT2D eigenvalue weighted by Gasteiger charge is -2.13. The van der Waals surface area contributed by atoms with Gasteiger partial charge >= 0.3 is 5.97 Å². The van der Waals surface area contributed by atoms with Gasteiger partial charge in [0.2, 0.25) is 0 Å². The van der Waals surface area contributed by atoms with E-state index in [0.717, 1.165) is 5.56 Å². The maximum absolute atomic E-state index is 12.5. The van der Waals surface area contributed by atoms with Gasteiger partial charge in [0.05, 0.1) is 32.1 Å². The van der Waals surface area contributed by atoms with Crippen molar-refractivity contribution in [1.29, 1.82) is 0 Å². The molecule has 0 fully saturated rings. The molecule has 0 spiro atoms. The van der Waals surface area contributed by atoms with Gasteiger partial charge in [0, 0.05) is 5.56 Å². The molecule has 9 heteroatoms. The molecule has 0 aliphatic carbocycles. The number of rotatable bonds is 12. The summed E-state index contributed by atoms with van der Waals surface area (Å²) in [5, 5.41) is 13.1. The summed E-state index contributed by atoms with van der Waals surface area (Å²) in [6, 6.07) is 16.6. The Kier molecular flexibility index (Phi) is 9.27. The fourth-order valence-corrected chi connectivity index (χ4v) is 3.21. The third-order valence-corrected chi connectivity index (χ3v) is 4.97. The molecule has 0 heterocycles. The first-order valence-electron chi connectivity index (χ1n) is 11.3. The second-order valence-electron chi connectivity index (χ2n) is 7.43. The van der Waals surface area contributed by atoms with Crippen LogP contribution in [0.4, 0.5) is 0 Å². The number of benzene rings is 3. The third-order valence-electron chi connectivity index (χ3n) is 4.97. The van der Waals surface area contributed by atoms with Gasteiger partial charge in [-0.15, -0.1) is 0 Å². The monoisotopic (exact) mass is 492 g/mol. The highest BCUT2D eigenvalue weighted by atomic mass is 16.5. The Morgan fingerprint density at radius 2 is 1.47 bits per heavy atom. The largest absolute Gasteiger partial charge is 0.493 e. The van der Waals surface area contributed by atoms with Crippen molar-refractivity contribution in [2.45, 2.75) is 20.5 Å². The van der Waals surface area contributed by atoms with Crippen molar-refractivity contribution in [1.82, 2.24) is 5.43 Å². The number of hydrogen-bond acceptors (Lipinski definition) is 7. The van der Waals surface area contributed by atoms with E-state index in [-0.39, 0.29) is 12.2 Å². The molecule has 3 aromatic rings. The molecule has 0 aromatic heterocycles. The molecule has 0 aliphatic rings. The topological polar surface area (TPSA) is 116 Å². The summed E-state index contributed by atoms with van der Waals surface area (Å²) in [7, 11) is 1.51. The van der Waals surface area contributed by atoms with Crippen LogP contribution in [-0.4, -0.2) is 43.5 Å². The molecule has 0 saturated carbocycles. The van der Waals surface area contributed by atoms with Crippen LogP contribution in [0.3, 0.4) is 0 Å². The molecule has 9 nitrogen and oxygen atoms in total. The number of hydrogen-bond donors (Lipinski definition) is 2. The number of amides is 1. The van der Waals surface area contributed by atoms with Crippen LogP contribution in [0.25, 0.3) is 0 Å². The summed E-state index contributed by atoms with van der Waals surface area (Å²) in [4.78, 5) is 23.5. The fourth-order valence-electron chi connectivity index (χ4n) is 3.21. The van der Waals surface area contributed by atoms with Crippen molar-refractivity contribution >= 4 is 18.1 Å². The first kappa shape index (κ1) is 26.1. The van der Waals surface area contributed by atoms with Crippen molar-refractivity contribution in [3.8, 4) is 23.0 Å². The molecule has 3 rings (SSSR count). The minimum atomic E-state index is -0.978. The number of methoxy groups -OCH3 is 1. The van der Waals surface area contributed by atoms with Crippen molar-refractivity contribution in [3.63, 3.8) is 0 Å². The number of hydrazone groups is 1. The van der Waals surface area contributed by atoms with Gasteiger partial charge in [-0.3, -0.25) is 4.79 Å². The van der Waals surface area contributed by atoms with E-state index in [9.17, 15) is 9.59 Å². The lowest BCUT2D eigenvalue weighted by atomic mass is 10.1. The maximum atomic E-state index is 12.5. The van der Waals surface area contributed by atoms with Crippen LogP contribution in [0, 0.1) is 0 Å². The van der Waals surface area contributed by atoms with E-state index >= 15 is 0 Å². The summed E-state index contributed by atoms with van der Waals surface area (Å²) < 4.78 is 22.3. The Labute approximate surface area is 209 Å². The number of nitrogens with one attached hydrogen (secondary N) is 1. The second-order valence-corrected chi connectivity index (χ2v) is 7.43. The lowest BCUT2D eigenvalue weighted by Crippen LogP contribution is -2.17. The summed E-state index contributed by atoms with van der Waals surface area (Å²) in [5.74, 6) is 0.694. The number of ether oxygens (including phenoxy) is 4. The zero-order chi connectivity index (χ0) is 25.9. The number of carbonyl (C=O) groups is 2. The molecular formula is C27H28N2O7. The van der Waals surface area contributed by atoms with Crippen LogP contribution < -0.4 is 24.4 Å². The van der Waals surface area contributed by atoms with Crippen molar-refractivity contribution in [3.05, 3.63) is 82.9 Å². The fraction of sp³-hybridized carbons (Fsp3) is 0.222. The van der Waals surface area contributed by atoms with Gasteiger partial charge in [0.25, 0.3) is 5.91 Å². The average Bonchev–Trinajstić information content (AvgIpc) is 2.89. The van der Waals surface area contributed by atoms with Crippen LogP contribution in [0.15, 0.2) is 65.8 Å². The van der Waals surface area contributed by atoms with Crippen LogP contribution in [0.1, 0.15) is 45.7 Å². The number of carboxylic acids is 1. The Morgan fingerprint density at radius 3 is 2.14 bits per heavy atom. The number of aromatic carboxylic acids is 1. The van der Waals surface area contributed by atoms with Crippen molar-refractivity contribution < 1.29 is 33.6 Å². The average molecular weight is 493 g/mol. The Bertz CT molecular complexity index is 1220. The maximum Gasteiger partial charge on any atom is 0.335 e. The molecule has 2 N–H and O–H groups in total. The van der Waals surface area contributed by atoms with Crippen LogP contribution in [-0.2, 0) is 6.61 Å². The minimum Gasteiger partial charge on any atom is -0.493 e. The predicted molar refractivity (Wildman–Crippen MR) is 135 cm³/mol. The predicted octanol–water partition coefficient (Wildman–Crippen LogP) is 4.53. The van der Waals surface area contributed by atoms with E-state index in [1.165, 1.54) is 25.5 Å². The van der Waals surface area contributed by atoms with Gasteiger partial charge in [-0.25, -0.2) is 10.2 Å². The number of carboxylic acid groups (broad SMARTS) is 1. The highest BCUT2D eigenvalue weighted by molar-refractivity contribution is 5.95. The van der Waals surface area contributed by atoms with Gasteiger partial charge < -0.3 is 24.1 Å². The normalized spacial score (nSPS) is 10.6. The number of carbonyl (C=O) groups excluding carboxylic acids is 1. The molecule has 0 bridgehead atoms. The zero-order valence-corrected chi connectivity index (χ0v) is 20.3. The third kappa shape index (κ3) is 6.99. The first-order chi connectivity index (χ1) is 17.4. The molecule has 0 aliphatic heterocycles. The van der Waals surface area contributed by atoms with Crippen LogP contribution in [0.2, 0.25) is 0 Å². The lowest BCUT2D eigenvalue weighted by molar-refractivity contribution is 0.0696. The van der Waals surface area contributed by atoms with Gasteiger partial charge in [-0.05, 0) is 73.5 Å². The Hall–Kier alpha value is -4.53. The molecular weight excluding hydrogens is 464 g/mol. The highest BCUT2D eigenvalue weighted by Gasteiger charge is 2.11.